The quantitative estimate of drug-likeness (QED) is 0.221. The highest BCUT2D eigenvalue weighted by Crippen LogP contribution is 2.26. The lowest BCUT2D eigenvalue weighted by atomic mass is 10.00. The van der Waals surface area contributed by atoms with E-state index in [9.17, 15) is 19.2 Å². The van der Waals surface area contributed by atoms with Gasteiger partial charge in [0.1, 0.15) is 31.4 Å². The number of carbonyl (C=O) groups excluding carboxylic acids is 4. The predicted octanol–water partition coefficient (Wildman–Crippen LogP) is 3.97. The Labute approximate surface area is 250 Å². The lowest BCUT2D eigenvalue weighted by Crippen LogP contribution is -2.55. The summed E-state index contributed by atoms with van der Waals surface area (Å²) < 4.78 is 5.54. The molecule has 0 spiro atoms. The molecular weight excluding hydrogens is 552 g/mol. The van der Waals surface area contributed by atoms with E-state index in [1.807, 2.05) is 67.6 Å². The van der Waals surface area contributed by atoms with Gasteiger partial charge < -0.3 is 10.1 Å². The Morgan fingerprint density at radius 1 is 1.05 bits per heavy atom. The monoisotopic (exact) mass is 588 g/mol. The number of rotatable bonds is 14. The van der Waals surface area contributed by atoms with Crippen molar-refractivity contribution in [2.24, 2.45) is 5.92 Å². The molecule has 43 heavy (non-hydrogen) atoms. The van der Waals surface area contributed by atoms with Crippen LogP contribution in [-0.4, -0.2) is 68.5 Å². The van der Waals surface area contributed by atoms with Crippen LogP contribution in [0.4, 0.5) is 10.6 Å². The van der Waals surface area contributed by atoms with E-state index >= 15 is 0 Å². The van der Waals surface area contributed by atoms with Crippen molar-refractivity contribution in [2.45, 2.75) is 51.9 Å². The standard InChI is InChI=1S/C31H36N6O6/c1-2-3-14-26(19-35(23-38)43-21-25-12-8-5-9-13-25)30(40)37-27(29(39)34-28-15-17-32-22-33-28)16-18-36(37)31(41)42-20-24-10-6-4-7-11-24/h4-13,15,17,22-23,26-27H,2-3,14,16,18-21H2,1H3,(H,32,33,34,39)/t26-,27+/m1/s1. The number of hydrogen-bond donors (Lipinski definition) is 1. The molecule has 2 atom stereocenters. The van der Waals surface area contributed by atoms with E-state index in [2.05, 4.69) is 15.3 Å². The Morgan fingerprint density at radius 2 is 1.74 bits per heavy atom. The second-order valence-electron chi connectivity index (χ2n) is 10.0. The van der Waals surface area contributed by atoms with Crippen LogP contribution in [0.5, 0.6) is 0 Å². The predicted molar refractivity (Wildman–Crippen MR) is 156 cm³/mol. The number of aromatic nitrogens is 2. The van der Waals surface area contributed by atoms with E-state index in [0.717, 1.165) is 22.6 Å². The highest BCUT2D eigenvalue weighted by atomic mass is 16.7. The first kappa shape index (κ1) is 31.1. The van der Waals surface area contributed by atoms with Crippen molar-refractivity contribution in [2.75, 3.05) is 18.4 Å². The van der Waals surface area contributed by atoms with Gasteiger partial charge in [-0.05, 0) is 30.0 Å². The molecule has 12 heteroatoms. The fourth-order valence-electron chi connectivity index (χ4n) is 4.71. The van der Waals surface area contributed by atoms with Crippen LogP contribution >= 0.6 is 0 Å². The van der Waals surface area contributed by atoms with E-state index < -0.39 is 29.9 Å². The van der Waals surface area contributed by atoms with Crippen LogP contribution in [0.15, 0.2) is 79.3 Å². The van der Waals surface area contributed by atoms with Gasteiger partial charge in [0, 0.05) is 12.7 Å². The number of hydrazine groups is 1. The number of nitrogens with zero attached hydrogens (tertiary/aromatic N) is 5. The lowest BCUT2D eigenvalue weighted by molar-refractivity contribution is -0.185. The molecule has 0 radical (unpaired) electrons. The summed E-state index contributed by atoms with van der Waals surface area (Å²) >= 11 is 0. The Hall–Kier alpha value is -4.84. The Bertz CT molecular complexity index is 1330. The number of unbranched alkanes of at least 4 members (excludes halogenated alkanes) is 1. The minimum Gasteiger partial charge on any atom is -0.443 e. The zero-order valence-corrected chi connectivity index (χ0v) is 24.1. The van der Waals surface area contributed by atoms with Crippen LogP contribution < -0.4 is 5.32 Å². The average molecular weight is 589 g/mol. The maximum atomic E-state index is 14.2. The maximum Gasteiger partial charge on any atom is 0.429 e. The summed E-state index contributed by atoms with van der Waals surface area (Å²) in [6, 6.07) is 19.0. The molecule has 4 amide bonds. The first-order chi connectivity index (χ1) is 21.0. The SMILES string of the molecule is CCCC[C@H](CN(C=O)OCc1ccccc1)C(=O)N1[C@H](C(=O)Nc2ccncn2)CCN1C(=O)OCc1ccccc1. The number of ether oxygens (including phenoxy) is 1. The summed E-state index contributed by atoms with van der Waals surface area (Å²) in [5, 5.41) is 6.14. The molecule has 1 aliphatic heterocycles. The molecule has 1 saturated heterocycles. The maximum absolute atomic E-state index is 14.2. The third-order valence-electron chi connectivity index (χ3n) is 6.96. The molecule has 12 nitrogen and oxygen atoms in total. The van der Waals surface area contributed by atoms with E-state index in [1.165, 1.54) is 28.6 Å². The molecule has 3 aromatic rings. The molecule has 4 rings (SSSR count). The van der Waals surface area contributed by atoms with Crippen LogP contribution in [0.25, 0.3) is 0 Å². The zero-order chi connectivity index (χ0) is 30.4. The van der Waals surface area contributed by atoms with E-state index in [-0.39, 0.29) is 38.5 Å². The fraction of sp³-hybridized carbons (Fsp3) is 0.355. The van der Waals surface area contributed by atoms with Crippen LogP contribution in [-0.2, 0) is 37.2 Å². The van der Waals surface area contributed by atoms with Crippen LogP contribution in [0.2, 0.25) is 0 Å². The molecule has 1 aliphatic rings. The van der Waals surface area contributed by atoms with Gasteiger partial charge in [-0.2, -0.15) is 0 Å². The van der Waals surface area contributed by atoms with Crippen molar-refractivity contribution in [1.29, 1.82) is 0 Å². The van der Waals surface area contributed by atoms with E-state index in [4.69, 9.17) is 9.57 Å². The summed E-state index contributed by atoms with van der Waals surface area (Å²) in [5.41, 5.74) is 1.64. The van der Waals surface area contributed by atoms with Gasteiger partial charge in [0.05, 0.1) is 12.5 Å². The van der Waals surface area contributed by atoms with Crippen molar-refractivity contribution in [3.05, 3.63) is 90.4 Å². The van der Waals surface area contributed by atoms with Crippen LogP contribution in [0.3, 0.4) is 0 Å². The summed E-state index contributed by atoms with van der Waals surface area (Å²) in [6.45, 7) is 2.16. The largest absolute Gasteiger partial charge is 0.443 e. The number of benzene rings is 2. The van der Waals surface area contributed by atoms with Gasteiger partial charge in [-0.25, -0.2) is 29.8 Å². The molecule has 2 aromatic carbocycles. The van der Waals surface area contributed by atoms with Crippen molar-refractivity contribution in [3.63, 3.8) is 0 Å². The topological polar surface area (TPSA) is 134 Å². The number of anilines is 1. The highest BCUT2D eigenvalue weighted by molar-refractivity contribution is 5.97. The number of nitrogens with one attached hydrogen (secondary N) is 1. The summed E-state index contributed by atoms with van der Waals surface area (Å²) in [5.74, 6) is -1.48. The molecule has 0 unspecified atom stereocenters. The van der Waals surface area contributed by atoms with Crippen LogP contribution in [0, 0.1) is 5.92 Å². The van der Waals surface area contributed by atoms with Gasteiger partial charge in [-0.3, -0.25) is 19.2 Å². The Balaban J connectivity index is 1.54. The molecule has 1 N–H and O–H groups in total. The smallest absolute Gasteiger partial charge is 0.429 e. The number of carbonyl (C=O) groups is 4. The molecule has 0 aliphatic carbocycles. The molecular formula is C31H36N6O6. The normalized spacial score (nSPS) is 15.0. The Kier molecular flexibility index (Phi) is 11.6. The summed E-state index contributed by atoms with van der Waals surface area (Å²) in [4.78, 5) is 66.5. The minimum atomic E-state index is -1.01. The van der Waals surface area contributed by atoms with Gasteiger partial charge in [0.25, 0.3) is 5.91 Å². The number of hydrogen-bond acceptors (Lipinski definition) is 8. The van der Waals surface area contributed by atoms with Crippen molar-refractivity contribution >= 4 is 30.1 Å². The lowest BCUT2D eigenvalue weighted by Gasteiger charge is -2.34. The van der Waals surface area contributed by atoms with Gasteiger partial charge in [0.2, 0.25) is 12.3 Å². The third kappa shape index (κ3) is 8.82. The summed E-state index contributed by atoms with van der Waals surface area (Å²) in [7, 11) is 0. The minimum absolute atomic E-state index is 0.00150. The highest BCUT2D eigenvalue weighted by Gasteiger charge is 2.45. The first-order valence-corrected chi connectivity index (χ1v) is 14.3. The number of amides is 4. The number of hydroxylamine groups is 2. The van der Waals surface area contributed by atoms with E-state index in [1.54, 1.807) is 0 Å². The summed E-state index contributed by atoms with van der Waals surface area (Å²) in [6.07, 6.45) is 4.65. The average Bonchev–Trinajstić information content (AvgIpc) is 3.50. The van der Waals surface area contributed by atoms with Gasteiger partial charge >= 0.3 is 6.09 Å². The zero-order valence-electron chi connectivity index (χ0n) is 24.1. The van der Waals surface area contributed by atoms with E-state index in [0.29, 0.717) is 19.3 Å². The molecule has 0 saturated carbocycles. The molecule has 2 heterocycles. The molecule has 0 bridgehead atoms. The van der Waals surface area contributed by atoms with Crippen molar-refractivity contribution in [1.82, 2.24) is 25.0 Å². The second kappa shape index (κ2) is 16.0. The van der Waals surface area contributed by atoms with Gasteiger partial charge in [0.15, 0.2) is 0 Å². The Morgan fingerprint density at radius 3 is 2.37 bits per heavy atom. The third-order valence-corrected chi connectivity index (χ3v) is 6.96. The van der Waals surface area contributed by atoms with Crippen molar-refractivity contribution < 1.29 is 28.8 Å². The molecule has 1 fully saturated rings. The van der Waals surface area contributed by atoms with Gasteiger partial charge in [-0.15, -0.1) is 0 Å². The van der Waals surface area contributed by atoms with Crippen molar-refractivity contribution in [3.8, 4) is 0 Å². The van der Waals surface area contributed by atoms with Crippen LogP contribution in [0.1, 0.15) is 43.7 Å². The molecule has 1 aromatic heterocycles. The fourth-order valence-corrected chi connectivity index (χ4v) is 4.71. The second-order valence-corrected chi connectivity index (χ2v) is 10.0. The molecule has 226 valence electrons. The first-order valence-electron chi connectivity index (χ1n) is 14.3. The van der Waals surface area contributed by atoms with Gasteiger partial charge in [-0.1, -0.05) is 80.4 Å².